The fraction of sp³-hybridized carbons (Fsp3) is 0.533. The lowest BCUT2D eigenvalue weighted by Crippen LogP contribution is -2.50. The molecule has 1 aliphatic rings. The SMILES string of the molecule is CCOc1ccc(OC(=O)CN2CCN[C@H](C)C2)cc1. The minimum Gasteiger partial charge on any atom is -0.494 e. The van der Waals surface area contributed by atoms with Crippen molar-refractivity contribution in [2.45, 2.75) is 19.9 Å². The van der Waals surface area contributed by atoms with Crippen molar-refractivity contribution >= 4 is 5.97 Å². The van der Waals surface area contributed by atoms with Crippen molar-refractivity contribution in [2.75, 3.05) is 32.8 Å². The molecule has 1 heterocycles. The Balaban J connectivity index is 1.81. The molecule has 0 bridgehead atoms. The van der Waals surface area contributed by atoms with E-state index in [9.17, 15) is 4.79 Å². The fourth-order valence-corrected chi connectivity index (χ4v) is 2.27. The van der Waals surface area contributed by atoms with E-state index in [2.05, 4.69) is 17.1 Å². The highest BCUT2D eigenvalue weighted by Crippen LogP contribution is 2.17. The van der Waals surface area contributed by atoms with Gasteiger partial charge in [-0.05, 0) is 38.1 Å². The van der Waals surface area contributed by atoms with Gasteiger partial charge in [0.2, 0.25) is 0 Å². The Morgan fingerprint density at radius 1 is 1.35 bits per heavy atom. The van der Waals surface area contributed by atoms with Crippen molar-refractivity contribution in [1.29, 1.82) is 0 Å². The van der Waals surface area contributed by atoms with Crippen LogP contribution in [0.1, 0.15) is 13.8 Å². The summed E-state index contributed by atoms with van der Waals surface area (Å²) in [5.41, 5.74) is 0. The van der Waals surface area contributed by atoms with Crippen LogP contribution in [0.5, 0.6) is 11.5 Å². The number of rotatable bonds is 5. The molecule has 1 atom stereocenters. The van der Waals surface area contributed by atoms with E-state index in [4.69, 9.17) is 9.47 Å². The average molecular weight is 278 g/mol. The maximum atomic E-state index is 11.9. The van der Waals surface area contributed by atoms with Crippen molar-refractivity contribution in [3.8, 4) is 11.5 Å². The normalized spacial score (nSPS) is 19.6. The minimum atomic E-state index is -0.219. The first-order valence-corrected chi connectivity index (χ1v) is 7.06. The van der Waals surface area contributed by atoms with Gasteiger partial charge in [-0.15, -0.1) is 0 Å². The predicted octanol–water partition coefficient (Wildman–Crippen LogP) is 1.28. The molecule has 0 aliphatic carbocycles. The summed E-state index contributed by atoms with van der Waals surface area (Å²) in [7, 11) is 0. The molecule has 5 heteroatoms. The molecule has 0 unspecified atom stereocenters. The number of piperazine rings is 1. The van der Waals surface area contributed by atoms with E-state index in [0.717, 1.165) is 25.4 Å². The van der Waals surface area contributed by atoms with Gasteiger partial charge in [0.1, 0.15) is 11.5 Å². The highest BCUT2D eigenvalue weighted by atomic mass is 16.5. The highest BCUT2D eigenvalue weighted by Gasteiger charge is 2.18. The first-order chi connectivity index (χ1) is 9.67. The molecule has 1 aromatic carbocycles. The molecule has 110 valence electrons. The lowest BCUT2D eigenvalue weighted by atomic mass is 10.2. The van der Waals surface area contributed by atoms with Crippen LogP contribution in [-0.4, -0.2) is 49.7 Å². The third-order valence-corrected chi connectivity index (χ3v) is 3.17. The van der Waals surface area contributed by atoms with E-state index in [0.29, 0.717) is 24.9 Å². The first kappa shape index (κ1) is 14.8. The van der Waals surface area contributed by atoms with Crippen molar-refractivity contribution in [1.82, 2.24) is 10.2 Å². The first-order valence-electron chi connectivity index (χ1n) is 7.06. The molecule has 1 aromatic rings. The molecule has 0 spiro atoms. The average Bonchev–Trinajstić information content (AvgIpc) is 2.41. The number of hydrogen-bond acceptors (Lipinski definition) is 5. The number of carbonyl (C=O) groups excluding carboxylic acids is 1. The third kappa shape index (κ3) is 4.51. The second-order valence-corrected chi connectivity index (χ2v) is 4.97. The van der Waals surface area contributed by atoms with Gasteiger partial charge >= 0.3 is 5.97 Å². The Bertz CT molecular complexity index is 433. The second kappa shape index (κ2) is 7.26. The van der Waals surface area contributed by atoms with Crippen LogP contribution in [0.4, 0.5) is 0 Å². The topological polar surface area (TPSA) is 50.8 Å². The zero-order valence-corrected chi connectivity index (χ0v) is 12.1. The summed E-state index contributed by atoms with van der Waals surface area (Å²) in [6.45, 7) is 7.67. The molecule has 1 aliphatic heterocycles. The molecule has 20 heavy (non-hydrogen) atoms. The van der Waals surface area contributed by atoms with Crippen LogP contribution in [0, 0.1) is 0 Å². The summed E-state index contributed by atoms with van der Waals surface area (Å²) < 4.78 is 10.7. The highest BCUT2D eigenvalue weighted by molar-refractivity contribution is 5.74. The number of benzene rings is 1. The van der Waals surface area contributed by atoms with Crippen molar-refractivity contribution in [3.05, 3.63) is 24.3 Å². The zero-order valence-electron chi connectivity index (χ0n) is 12.1. The van der Waals surface area contributed by atoms with Gasteiger partial charge in [-0.2, -0.15) is 0 Å². The predicted molar refractivity (Wildman–Crippen MR) is 77.2 cm³/mol. The van der Waals surface area contributed by atoms with Crippen LogP contribution in [0.15, 0.2) is 24.3 Å². The van der Waals surface area contributed by atoms with Gasteiger partial charge < -0.3 is 14.8 Å². The molecular weight excluding hydrogens is 256 g/mol. The Hall–Kier alpha value is -1.59. The fourth-order valence-electron chi connectivity index (χ4n) is 2.27. The summed E-state index contributed by atoms with van der Waals surface area (Å²) in [6, 6.07) is 7.53. The van der Waals surface area contributed by atoms with Crippen LogP contribution in [-0.2, 0) is 4.79 Å². The summed E-state index contributed by atoms with van der Waals surface area (Å²) in [4.78, 5) is 14.0. The van der Waals surface area contributed by atoms with E-state index in [1.807, 2.05) is 6.92 Å². The number of ether oxygens (including phenoxy) is 2. The molecule has 0 saturated carbocycles. The summed E-state index contributed by atoms with van der Waals surface area (Å²) >= 11 is 0. The van der Waals surface area contributed by atoms with Gasteiger partial charge in [0, 0.05) is 25.7 Å². The standard InChI is InChI=1S/C15H22N2O3/c1-3-19-13-4-6-14(7-5-13)20-15(18)11-17-9-8-16-12(2)10-17/h4-7,12,16H,3,8-11H2,1-2H3/t12-/m1/s1. The number of carbonyl (C=O) groups is 1. The number of hydrogen-bond donors (Lipinski definition) is 1. The monoisotopic (exact) mass is 278 g/mol. The third-order valence-electron chi connectivity index (χ3n) is 3.17. The van der Waals surface area contributed by atoms with Crippen molar-refractivity contribution < 1.29 is 14.3 Å². The molecular formula is C15H22N2O3. The summed E-state index contributed by atoms with van der Waals surface area (Å²) in [6.07, 6.45) is 0. The molecule has 1 fully saturated rings. The van der Waals surface area contributed by atoms with Crippen molar-refractivity contribution in [3.63, 3.8) is 0 Å². The minimum absolute atomic E-state index is 0.219. The maximum Gasteiger partial charge on any atom is 0.325 e. The van der Waals surface area contributed by atoms with Gasteiger partial charge in [0.25, 0.3) is 0 Å². The molecule has 0 radical (unpaired) electrons. The molecule has 1 N–H and O–H groups in total. The Morgan fingerprint density at radius 2 is 2.05 bits per heavy atom. The molecule has 0 aromatic heterocycles. The number of nitrogens with one attached hydrogen (secondary N) is 1. The molecule has 1 saturated heterocycles. The van der Waals surface area contributed by atoms with Crippen LogP contribution in [0.2, 0.25) is 0 Å². The lowest BCUT2D eigenvalue weighted by molar-refractivity contribution is -0.135. The Labute approximate surface area is 119 Å². The van der Waals surface area contributed by atoms with Crippen LogP contribution in [0.3, 0.4) is 0 Å². The van der Waals surface area contributed by atoms with E-state index < -0.39 is 0 Å². The van der Waals surface area contributed by atoms with Gasteiger partial charge in [-0.3, -0.25) is 9.69 Å². The van der Waals surface area contributed by atoms with Gasteiger partial charge in [0.05, 0.1) is 13.2 Å². The van der Waals surface area contributed by atoms with E-state index >= 15 is 0 Å². The largest absolute Gasteiger partial charge is 0.494 e. The molecule has 0 amide bonds. The maximum absolute atomic E-state index is 11.9. The second-order valence-electron chi connectivity index (χ2n) is 4.97. The number of nitrogens with zero attached hydrogens (tertiary/aromatic N) is 1. The van der Waals surface area contributed by atoms with E-state index in [1.165, 1.54) is 0 Å². The van der Waals surface area contributed by atoms with Crippen LogP contribution < -0.4 is 14.8 Å². The van der Waals surface area contributed by atoms with Gasteiger partial charge in [0.15, 0.2) is 0 Å². The van der Waals surface area contributed by atoms with E-state index in [1.54, 1.807) is 24.3 Å². The Morgan fingerprint density at radius 3 is 2.70 bits per heavy atom. The van der Waals surface area contributed by atoms with Crippen molar-refractivity contribution in [2.24, 2.45) is 0 Å². The smallest absolute Gasteiger partial charge is 0.325 e. The van der Waals surface area contributed by atoms with Crippen LogP contribution >= 0.6 is 0 Å². The number of esters is 1. The molecule has 2 rings (SSSR count). The quantitative estimate of drug-likeness (QED) is 0.649. The molecule has 5 nitrogen and oxygen atoms in total. The zero-order chi connectivity index (χ0) is 14.4. The van der Waals surface area contributed by atoms with Gasteiger partial charge in [-0.25, -0.2) is 0 Å². The van der Waals surface area contributed by atoms with E-state index in [-0.39, 0.29) is 5.97 Å². The lowest BCUT2D eigenvalue weighted by Gasteiger charge is -2.30. The van der Waals surface area contributed by atoms with Gasteiger partial charge in [-0.1, -0.05) is 0 Å². The Kier molecular flexibility index (Phi) is 5.38. The van der Waals surface area contributed by atoms with Crippen LogP contribution in [0.25, 0.3) is 0 Å². The summed E-state index contributed by atoms with van der Waals surface area (Å²) in [5, 5.41) is 3.35. The summed E-state index contributed by atoms with van der Waals surface area (Å²) in [5.74, 6) is 1.12.